The van der Waals surface area contributed by atoms with Gasteiger partial charge >= 0.3 is 0 Å². The van der Waals surface area contributed by atoms with Gasteiger partial charge in [0.05, 0.1) is 11.8 Å². The van der Waals surface area contributed by atoms with Crippen LogP contribution in [0.15, 0.2) is 16.7 Å². The van der Waals surface area contributed by atoms with Crippen molar-refractivity contribution in [2.75, 3.05) is 13.1 Å². The molecule has 17 heavy (non-hydrogen) atoms. The third-order valence-corrected chi connectivity index (χ3v) is 3.02. The maximum absolute atomic E-state index is 12.0. The molecule has 1 aliphatic heterocycles. The zero-order chi connectivity index (χ0) is 12.4. The summed E-state index contributed by atoms with van der Waals surface area (Å²) in [5.74, 6) is -0.234. The summed E-state index contributed by atoms with van der Waals surface area (Å²) in [6.07, 6.45) is 2.15. The molecular formula is C11H13ClN2O3. The fourth-order valence-corrected chi connectivity index (χ4v) is 2.16. The number of nitrogens with zero attached hydrogens (tertiary/aromatic N) is 1. The van der Waals surface area contributed by atoms with Gasteiger partial charge in [0, 0.05) is 26.1 Å². The fraction of sp³-hybridized carbons (Fsp3) is 0.455. The first-order valence-corrected chi connectivity index (χ1v) is 5.75. The molecule has 1 aliphatic rings. The van der Waals surface area contributed by atoms with E-state index in [2.05, 4.69) is 5.32 Å². The van der Waals surface area contributed by atoms with Gasteiger partial charge in [-0.1, -0.05) is 0 Å². The van der Waals surface area contributed by atoms with Crippen LogP contribution in [-0.2, 0) is 4.79 Å². The van der Waals surface area contributed by atoms with E-state index in [1.807, 2.05) is 0 Å². The topological polar surface area (TPSA) is 62.6 Å². The fourth-order valence-electron chi connectivity index (χ4n) is 1.97. The lowest BCUT2D eigenvalue weighted by molar-refractivity contribution is -0.119. The Labute approximate surface area is 104 Å². The molecule has 1 aromatic rings. The molecular weight excluding hydrogens is 244 g/mol. The zero-order valence-corrected chi connectivity index (χ0v) is 10.2. The Morgan fingerprint density at radius 3 is 2.94 bits per heavy atom. The molecule has 0 aliphatic carbocycles. The molecule has 6 heteroatoms. The molecule has 2 amide bonds. The van der Waals surface area contributed by atoms with E-state index in [0.717, 1.165) is 6.42 Å². The lowest BCUT2D eigenvalue weighted by Gasteiger charge is -2.15. The molecule has 2 rings (SSSR count). The van der Waals surface area contributed by atoms with Gasteiger partial charge in [-0.3, -0.25) is 9.59 Å². The standard InChI is InChI=1S/C11H13ClN2O3/c1-7(15)13-8-2-4-14(6-8)11(16)9-3-5-17-10(9)12/h3,5,8H,2,4,6H2,1H3,(H,13,15). The van der Waals surface area contributed by atoms with Crippen LogP contribution in [0.1, 0.15) is 23.7 Å². The largest absolute Gasteiger partial charge is 0.452 e. The first-order chi connectivity index (χ1) is 8.08. The average Bonchev–Trinajstić information content (AvgIpc) is 2.85. The van der Waals surface area contributed by atoms with Crippen LogP contribution < -0.4 is 5.32 Å². The molecule has 92 valence electrons. The lowest BCUT2D eigenvalue weighted by atomic mass is 10.2. The first kappa shape index (κ1) is 12.0. The van der Waals surface area contributed by atoms with Gasteiger partial charge in [-0.2, -0.15) is 0 Å². The highest BCUT2D eigenvalue weighted by Crippen LogP contribution is 2.21. The molecule has 0 bridgehead atoms. The molecule has 5 nitrogen and oxygen atoms in total. The summed E-state index contributed by atoms with van der Waals surface area (Å²) in [6, 6.07) is 1.58. The van der Waals surface area contributed by atoms with Crippen molar-refractivity contribution in [3.63, 3.8) is 0 Å². The van der Waals surface area contributed by atoms with Crippen molar-refractivity contribution < 1.29 is 14.0 Å². The van der Waals surface area contributed by atoms with Crippen LogP contribution in [-0.4, -0.2) is 35.8 Å². The molecule has 1 aromatic heterocycles. The van der Waals surface area contributed by atoms with Gasteiger partial charge in [0.25, 0.3) is 5.91 Å². The highest BCUT2D eigenvalue weighted by atomic mass is 35.5. The Balaban J connectivity index is 1.99. The minimum Gasteiger partial charge on any atom is -0.452 e. The van der Waals surface area contributed by atoms with E-state index >= 15 is 0 Å². The summed E-state index contributed by atoms with van der Waals surface area (Å²) >= 11 is 5.75. The van der Waals surface area contributed by atoms with Crippen LogP contribution in [0.25, 0.3) is 0 Å². The monoisotopic (exact) mass is 256 g/mol. The minimum atomic E-state index is -0.156. The first-order valence-electron chi connectivity index (χ1n) is 5.37. The molecule has 1 unspecified atom stereocenters. The molecule has 1 atom stereocenters. The van der Waals surface area contributed by atoms with Gasteiger partial charge < -0.3 is 14.6 Å². The third-order valence-electron chi connectivity index (χ3n) is 2.73. The van der Waals surface area contributed by atoms with Crippen molar-refractivity contribution >= 4 is 23.4 Å². The molecule has 2 heterocycles. The number of nitrogens with one attached hydrogen (secondary N) is 1. The van der Waals surface area contributed by atoms with E-state index in [9.17, 15) is 9.59 Å². The summed E-state index contributed by atoms with van der Waals surface area (Å²) in [5.41, 5.74) is 0.371. The van der Waals surface area contributed by atoms with E-state index in [4.69, 9.17) is 16.0 Å². The van der Waals surface area contributed by atoms with Crippen LogP contribution in [0.5, 0.6) is 0 Å². The van der Waals surface area contributed by atoms with Crippen molar-refractivity contribution in [2.24, 2.45) is 0 Å². The molecule has 0 aromatic carbocycles. The van der Waals surface area contributed by atoms with Crippen LogP contribution in [0.4, 0.5) is 0 Å². The van der Waals surface area contributed by atoms with E-state index in [1.54, 1.807) is 11.0 Å². The highest BCUT2D eigenvalue weighted by Gasteiger charge is 2.29. The third kappa shape index (κ3) is 2.61. The number of likely N-dealkylation sites (tertiary alicyclic amines) is 1. The second-order valence-corrected chi connectivity index (χ2v) is 4.39. The van der Waals surface area contributed by atoms with E-state index in [0.29, 0.717) is 18.7 Å². The Hall–Kier alpha value is -1.49. The number of hydrogen-bond donors (Lipinski definition) is 1. The Morgan fingerprint density at radius 1 is 1.59 bits per heavy atom. The normalized spacial score (nSPS) is 19.4. The van der Waals surface area contributed by atoms with Gasteiger partial charge in [-0.05, 0) is 24.1 Å². The van der Waals surface area contributed by atoms with Gasteiger partial charge in [0.1, 0.15) is 0 Å². The van der Waals surface area contributed by atoms with Gasteiger partial charge in [-0.15, -0.1) is 0 Å². The lowest BCUT2D eigenvalue weighted by Crippen LogP contribution is -2.37. The summed E-state index contributed by atoms with van der Waals surface area (Å²) in [4.78, 5) is 24.6. The average molecular weight is 257 g/mol. The molecule has 0 radical (unpaired) electrons. The van der Waals surface area contributed by atoms with Crippen molar-refractivity contribution in [3.8, 4) is 0 Å². The molecule has 1 saturated heterocycles. The minimum absolute atomic E-state index is 0.0297. The van der Waals surface area contributed by atoms with Crippen LogP contribution in [0.3, 0.4) is 0 Å². The SMILES string of the molecule is CC(=O)NC1CCN(C(=O)c2ccoc2Cl)C1. The Morgan fingerprint density at radius 2 is 2.35 bits per heavy atom. The highest BCUT2D eigenvalue weighted by molar-refractivity contribution is 6.32. The molecule has 0 saturated carbocycles. The summed E-state index contributed by atoms with van der Waals surface area (Å²) in [5, 5.41) is 2.91. The maximum Gasteiger partial charge on any atom is 0.258 e. The van der Waals surface area contributed by atoms with Crippen LogP contribution in [0, 0.1) is 0 Å². The van der Waals surface area contributed by atoms with Crippen molar-refractivity contribution in [3.05, 3.63) is 23.1 Å². The van der Waals surface area contributed by atoms with Gasteiger partial charge in [0.2, 0.25) is 11.1 Å². The van der Waals surface area contributed by atoms with Crippen LogP contribution in [0.2, 0.25) is 5.22 Å². The number of furan rings is 1. The molecule has 1 fully saturated rings. The van der Waals surface area contributed by atoms with Gasteiger partial charge in [-0.25, -0.2) is 0 Å². The summed E-state index contributed by atoms with van der Waals surface area (Å²) < 4.78 is 4.88. The summed E-state index contributed by atoms with van der Waals surface area (Å²) in [6.45, 7) is 2.60. The van der Waals surface area contributed by atoms with E-state index < -0.39 is 0 Å². The predicted octanol–water partition coefficient (Wildman–Crippen LogP) is 1.28. The number of carbonyl (C=O) groups excluding carboxylic acids is 2. The molecule has 0 spiro atoms. The number of hydrogen-bond acceptors (Lipinski definition) is 3. The predicted molar refractivity (Wildman–Crippen MR) is 61.8 cm³/mol. The quantitative estimate of drug-likeness (QED) is 0.867. The maximum atomic E-state index is 12.0. The zero-order valence-electron chi connectivity index (χ0n) is 9.40. The second-order valence-electron chi connectivity index (χ2n) is 4.05. The van der Waals surface area contributed by atoms with E-state index in [1.165, 1.54) is 13.2 Å². The summed E-state index contributed by atoms with van der Waals surface area (Å²) in [7, 11) is 0. The smallest absolute Gasteiger partial charge is 0.258 e. The number of halogens is 1. The van der Waals surface area contributed by atoms with Gasteiger partial charge in [0.15, 0.2) is 0 Å². The molecule has 1 N–H and O–H groups in total. The second kappa shape index (κ2) is 4.79. The van der Waals surface area contributed by atoms with Crippen molar-refractivity contribution in [1.29, 1.82) is 0 Å². The van der Waals surface area contributed by atoms with Crippen molar-refractivity contribution in [1.82, 2.24) is 10.2 Å². The van der Waals surface area contributed by atoms with Crippen LogP contribution >= 0.6 is 11.6 Å². The number of amides is 2. The number of carbonyl (C=O) groups is 2. The van der Waals surface area contributed by atoms with Crippen molar-refractivity contribution in [2.45, 2.75) is 19.4 Å². The number of rotatable bonds is 2. The van der Waals surface area contributed by atoms with E-state index in [-0.39, 0.29) is 23.1 Å². The Bertz CT molecular complexity index is 444. The Kier molecular flexibility index (Phi) is 3.38.